The summed E-state index contributed by atoms with van der Waals surface area (Å²) in [6, 6.07) is 6.48. The number of Topliss-reactive ketones (excluding diaryl/α,β-unsaturated/α-hetero) is 1. The molecule has 2 fully saturated rings. The van der Waals surface area contributed by atoms with E-state index in [0.717, 1.165) is 24.8 Å². The number of fused-ring (bicyclic) bond motifs is 2. The van der Waals surface area contributed by atoms with Gasteiger partial charge in [0.05, 0.1) is 34.9 Å². The van der Waals surface area contributed by atoms with Crippen LogP contribution in [0.4, 0.5) is 17.6 Å². The fourth-order valence-electron chi connectivity index (χ4n) is 7.03. The molecule has 14 heteroatoms. The van der Waals surface area contributed by atoms with Crippen LogP contribution in [0.1, 0.15) is 65.8 Å². The summed E-state index contributed by atoms with van der Waals surface area (Å²) in [5, 5.41) is 4.42. The van der Waals surface area contributed by atoms with E-state index < -0.39 is 44.8 Å². The molecular formula is C32H30F4N6O3S. The van der Waals surface area contributed by atoms with Crippen molar-refractivity contribution in [2.24, 2.45) is 12.5 Å². The number of imidazole rings is 1. The summed E-state index contributed by atoms with van der Waals surface area (Å²) in [5.74, 6) is -1.00. The summed E-state index contributed by atoms with van der Waals surface area (Å²) < 4.78 is 87.7. The van der Waals surface area contributed by atoms with Crippen LogP contribution in [-0.2, 0) is 29.7 Å². The number of ketones is 1. The van der Waals surface area contributed by atoms with E-state index in [1.807, 2.05) is 6.08 Å². The van der Waals surface area contributed by atoms with Crippen LogP contribution in [0.25, 0.3) is 11.8 Å². The lowest BCUT2D eigenvalue weighted by Gasteiger charge is -2.49. The molecule has 0 saturated heterocycles. The summed E-state index contributed by atoms with van der Waals surface area (Å²) in [6.45, 7) is 0. The second-order valence-electron chi connectivity index (χ2n) is 12.3. The molecule has 3 aliphatic carbocycles. The van der Waals surface area contributed by atoms with E-state index in [1.165, 1.54) is 29.0 Å². The Morgan fingerprint density at radius 2 is 1.83 bits per heavy atom. The number of hydrogen-bond donors (Lipinski definition) is 0. The number of pyridine rings is 1. The second-order valence-corrected chi connectivity index (χ2v) is 14.1. The van der Waals surface area contributed by atoms with Crippen molar-refractivity contribution in [1.29, 1.82) is 0 Å². The Morgan fingerprint density at radius 3 is 2.48 bits per heavy atom. The van der Waals surface area contributed by atoms with Crippen molar-refractivity contribution in [2.75, 3.05) is 0 Å². The number of sulfonamides is 1. The normalized spacial score (nSPS) is 21.8. The molecule has 0 aliphatic heterocycles. The third-order valence-electron chi connectivity index (χ3n) is 9.48. The van der Waals surface area contributed by atoms with Crippen LogP contribution in [0.3, 0.4) is 0 Å². The van der Waals surface area contributed by atoms with E-state index >= 15 is 0 Å². The first kappa shape index (κ1) is 30.5. The molecule has 0 unspecified atom stereocenters. The molecule has 0 bridgehead atoms. The number of nitrogens with zero attached hydrogens (tertiary/aromatic N) is 6. The molecule has 3 aromatic heterocycles. The van der Waals surface area contributed by atoms with E-state index in [-0.39, 0.29) is 29.6 Å². The second kappa shape index (κ2) is 11.0. The fraction of sp³-hybridized carbons (Fsp3) is 0.375. The molecule has 3 heterocycles. The van der Waals surface area contributed by atoms with Crippen LogP contribution in [0, 0.1) is 11.2 Å². The van der Waals surface area contributed by atoms with Gasteiger partial charge in [-0.15, -0.1) is 0 Å². The molecule has 2 atom stereocenters. The lowest BCUT2D eigenvalue weighted by Crippen LogP contribution is -2.55. The van der Waals surface area contributed by atoms with Gasteiger partial charge in [-0.3, -0.25) is 9.78 Å². The summed E-state index contributed by atoms with van der Waals surface area (Å²) in [5.41, 5.74) is -0.0782. The first-order valence-electron chi connectivity index (χ1n) is 15.0. The van der Waals surface area contributed by atoms with E-state index in [0.29, 0.717) is 48.2 Å². The summed E-state index contributed by atoms with van der Waals surface area (Å²) in [6.07, 6.45) is 5.64. The number of aromatic nitrogens is 5. The maximum atomic E-state index is 14.6. The highest BCUT2D eigenvalue weighted by molar-refractivity contribution is 7.89. The maximum absolute atomic E-state index is 14.6. The monoisotopic (exact) mass is 654 g/mol. The largest absolute Gasteiger partial charge is 0.416 e. The molecule has 240 valence electrons. The van der Waals surface area contributed by atoms with Crippen molar-refractivity contribution < 1.29 is 30.8 Å². The first-order chi connectivity index (χ1) is 21.9. The summed E-state index contributed by atoms with van der Waals surface area (Å²) >= 11 is 0. The van der Waals surface area contributed by atoms with Gasteiger partial charge >= 0.3 is 6.18 Å². The van der Waals surface area contributed by atoms with Crippen molar-refractivity contribution >= 4 is 21.9 Å². The Morgan fingerprint density at radius 1 is 1.07 bits per heavy atom. The Labute approximate surface area is 262 Å². The smallest absolute Gasteiger partial charge is 0.339 e. The van der Waals surface area contributed by atoms with Crippen molar-refractivity contribution in [3.05, 3.63) is 95.2 Å². The molecule has 1 aromatic carbocycles. The lowest BCUT2D eigenvalue weighted by atomic mass is 9.60. The summed E-state index contributed by atoms with van der Waals surface area (Å²) in [7, 11) is -2.38. The molecule has 0 radical (unpaired) electrons. The van der Waals surface area contributed by atoms with Gasteiger partial charge in [0.1, 0.15) is 11.5 Å². The van der Waals surface area contributed by atoms with Gasteiger partial charge < -0.3 is 4.57 Å². The molecule has 2 saturated carbocycles. The van der Waals surface area contributed by atoms with Gasteiger partial charge in [0.2, 0.25) is 0 Å². The minimum absolute atomic E-state index is 0.0549. The highest BCUT2D eigenvalue weighted by Gasteiger charge is 2.53. The SMILES string of the molecule is Cn1cnc(S(=O)(=O)N(C2CCC2)[C@H]2CCC3=Cc4c(cnn4-c4ccc(F)cc4)C[C@]3(C(=O)c3cc(C(F)(F)F)ccn3)C2)c1. The predicted molar refractivity (Wildman–Crippen MR) is 159 cm³/mol. The maximum Gasteiger partial charge on any atom is 0.416 e. The third-order valence-corrected chi connectivity index (χ3v) is 11.4. The summed E-state index contributed by atoms with van der Waals surface area (Å²) in [4.78, 5) is 22.8. The minimum Gasteiger partial charge on any atom is -0.339 e. The number of hydrogen-bond acceptors (Lipinski definition) is 6. The number of carbonyl (C=O) groups is 1. The third kappa shape index (κ3) is 5.07. The van der Waals surface area contributed by atoms with Gasteiger partial charge in [0.15, 0.2) is 10.8 Å². The molecular weight excluding hydrogens is 624 g/mol. The zero-order valence-electron chi connectivity index (χ0n) is 24.8. The number of benzene rings is 1. The number of carbonyl (C=O) groups excluding carboxylic acids is 1. The van der Waals surface area contributed by atoms with E-state index in [1.54, 1.807) is 34.6 Å². The Balaban J connectivity index is 1.34. The average Bonchev–Trinajstić information content (AvgIpc) is 3.63. The van der Waals surface area contributed by atoms with Crippen LogP contribution < -0.4 is 0 Å². The lowest BCUT2D eigenvalue weighted by molar-refractivity contribution is -0.137. The highest BCUT2D eigenvalue weighted by atomic mass is 32.2. The van der Waals surface area contributed by atoms with Gasteiger partial charge in [0.25, 0.3) is 10.0 Å². The standard InChI is InChI=1S/C32H30F4N6O3S/c1-40-18-29(38-19-40)46(44,45)42(25-3-2-4-25)26-8-5-21-14-28-20(17-39-41(28)24-9-6-23(33)7-10-24)15-31(21,16-26)30(43)27-13-22(11-12-37-27)32(34,35)36/h6-7,9-14,17-19,25-26H,2-5,8,15-16H2,1H3/t26-,31-/m0/s1. The number of halogens is 4. The van der Waals surface area contributed by atoms with Gasteiger partial charge in [-0.25, -0.2) is 22.5 Å². The molecule has 0 amide bonds. The van der Waals surface area contributed by atoms with Crippen LogP contribution >= 0.6 is 0 Å². The molecule has 46 heavy (non-hydrogen) atoms. The van der Waals surface area contributed by atoms with Crippen molar-refractivity contribution in [3.8, 4) is 5.69 Å². The number of allylic oxidation sites excluding steroid dienone is 1. The molecule has 7 rings (SSSR count). The van der Waals surface area contributed by atoms with Gasteiger partial charge in [-0.1, -0.05) is 12.0 Å². The first-order valence-corrected chi connectivity index (χ1v) is 16.4. The molecule has 0 N–H and O–H groups in total. The Hall–Kier alpha value is -4.17. The van der Waals surface area contributed by atoms with E-state index in [9.17, 15) is 30.8 Å². The topological polar surface area (TPSA) is 103 Å². The van der Waals surface area contributed by atoms with E-state index in [4.69, 9.17) is 0 Å². The van der Waals surface area contributed by atoms with Crippen LogP contribution in [0.15, 0.2) is 71.9 Å². The van der Waals surface area contributed by atoms with Crippen LogP contribution in [-0.4, -0.2) is 54.9 Å². The van der Waals surface area contributed by atoms with Crippen molar-refractivity contribution in [3.63, 3.8) is 0 Å². The minimum atomic E-state index is -4.68. The van der Waals surface area contributed by atoms with Gasteiger partial charge in [-0.05, 0) is 86.6 Å². The molecule has 3 aliphatic rings. The van der Waals surface area contributed by atoms with Gasteiger partial charge in [-0.2, -0.15) is 22.6 Å². The fourth-order valence-corrected chi connectivity index (χ4v) is 8.90. The quantitative estimate of drug-likeness (QED) is 0.186. The van der Waals surface area contributed by atoms with Crippen LogP contribution in [0.5, 0.6) is 0 Å². The zero-order valence-corrected chi connectivity index (χ0v) is 25.6. The van der Waals surface area contributed by atoms with Crippen molar-refractivity contribution in [2.45, 2.75) is 68.2 Å². The van der Waals surface area contributed by atoms with Crippen LogP contribution in [0.2, 0.25) is 0 Å². The van der Waals surface area contributed by atoms with Crippen molar-refractivity contribution in [1.82, 2.24) is 28.6 Å². The Bertz CT molecular complexity index is 1960. The Kier molecular flexibility index (Phi) is 7.27. The molecule has 9 nitrogen and oxygen atoms in total. The number of alkyl halides is 3. The van der Waals surface area contributed by atoms with Gasteiger partial charge in [0, 0.05) is 31.5 Å². The zero-order chi connectivity index (χ0) is 32.4. The number of rotatable bonds is 7. The highest BCUT2D eigenvalue weighted by Crippen LogP contribution is 2.52. The average molecular weight is 655 g/mol. The molecule has 4 aromatic rings. The predicted octanol–water partition coefficient (Wildman–Crippen LogP) is 5.76. The molecule has 0 spiro atoms. The number of aryl methyl sites for hydroxylation is 1. The van der Waals surface area contributed by atoms with E-state index in [2.05, 4.69) is 15.1 Å².